The van der Waals surface area contributed by atoms with Gasteiger partial charge in [0.1, 0.15) is 11.7 Å². The summed E-state index contributed by atoms with van der Waals surface area (Å²) in [6, 6.07) is 9.86. The fourth-order valence-electron chi connectivity index (χ4n) is 3.81. The van der Waals surface area contributed by atoms with Crippen LogP contribution in [-0.2, 0) is 11.3 Å². The first-order chi connectivity index (χ1) is 15.5. The van der Waals surface area contributed by atoms with Gasteiger partial charge in [0.2, 0.25) is 5.91 Å². The monoisotopic (exact) mass is 439 g/mol. The summed E-state index contributed by atoms with van der Waals surface area (Å²) in [6.07, 6.45) is 5.31. The van der Waals surface area contributed by atoms with Crippen LogP contribution in [0.2, 0.25) is 0 Å². The van der Waals surface area contributed by atoms with Crippen LogP contribution >= 0.6 is 0 Å². The molecule has 0 radical (unpaired) electrons. The van der Waals surface area contributed by atoms with Crippen LogP contribution in [0.4, 0.5) is 11.4 Å². The van der Waals surface area contributed by atoms with E-state index in [0.717, 1.165) is 38.0 Å². The predicted octanol–water partition coefficient (Wildman–Crippen LogP) is 3.18. The summed E-state index contributed by atoms with van der Waals surface area (Å²) in [5.41, 5.74) is 1.69. The maximum atomic E-state index is 12.9. The Morgan fingerprint density at radius 3 is 2.59 bits per heavy atom. The summed E-state index contributed by atoms with van der Waals surface area (Å²) < 4.78 is 1.30. The van der Waals surface area contributed by atoms with E-state index in [0.29, 0.717) is 18.7 Å². The Balaban J connectivity index is 1.68. The predicted molar refractivity (Wildman–Crippen MR) is 126 cm³/mol. The van der Waals surface area contributed by atoms with Crippen molar-refractivity contribution < 1.29 is 9.59 Å². The van der Waals surface area contributed by atoms with Crippen molar-refractivity contribution in [3.05, 3.63) is 52.4 Å². The van der Waals surface area contributed by atoms with Crippen molar-refractivity contribution in [2.24, 2.45) is 0 Å². The van der Waals surface area contributed by atoms with E-state index in [2.05, 4.69) is 20.6 Å². The summed E-state index contributed by atoms with van der Waals surface area (Å²) in [5.74, 6) is -0.729. The Bertz CT molecular complexity index is 982. The van der Waals surface area contributed by atoms with Gasteiger partial charge in [0.25, 0.3) is 11.5 Å². The lowest BCUT2D eigenvalue weighted by molar-refractivity contribution is -0.118. The topological polar surface area (TPSA) is 96.3 Å². The first-order valence-electron chi connectivity index (χ1n) is 11.6. The van der Waals surface area contributed by atoms with Crippen molar-refractivity contribution in [1.29, 1.82) is 0 Å². The van der Waals surface area contributed by atoms with Gasteiger partial charge < -0.3 is 15.5 Å². The second kappa shape index (κ2) is 11.5. The number of hydrogen-bond donors (Lipinski definition) is 2. The highest BCUT2D eigenvalue weighted by molar-refractivity contribution is 6.00. The molecule has 8 nitrogen and oxygen atoms in total. The van der Waals surface area contributed by atoms with Crippen molar-refractivity contribution in [2.75, 3.05) is 23.3 Å². The van der Waals surface area contributed by atoms with E-state index in [1.54, 1.807) is 0 Å². The second-order valence-corrected chi connectivity index (χ2v) is 8.18. The van der Waals surface area contributed by atoms with Crippen LogP contribution < -0.4 is 21.1 Å². The number of carbonyl (C=O) groups is 2. The number of nitrogens with one attached hydrogen (secondary N) is 2. The highest BCUT2D eigenvalue weighted by atomic mass is 16.2. The van der Waals surface area contributed by atoms with E-state index in [1.165, 1.54) is 29.7 Å². The molecule has 8 heteroatoms. The van der Waals surface area contributed by atoms with E-state index in [9.17, 15) is 14.4 Å². The first kappa shape index (κ1) is 23.5. The minimum atomic E-state index is -0.694. The molecule has 2 aromatic rings. The SMILES string of the molecule is CCCCn1nc(C(=O)NC(CCC)C(=O)Nc2cccc(N3CCCC3)c2)ccc1=O. The van der Waals surface area contributed by atoms with Crippen LogP contribution in [0.3, 0.4) is 0 Å². The molecule has 172 valence electrons. The second-order valence-electron chi connectivity index (χ2n) is 8.18. The fraction of sp³-hybridized carbons (Fsp3) is 0.500. The van der Waals surface area contributed by atoms with Gasteiger partial charge in [0.05, 0.1) is 0 Å². The molecular formula is C24H33N5O3. The summed E-state index contributed by atoms with van der Waals surface area (Å²) in [6.45, 7) is 6.50. The highest BCUT2D eigenvalue weighted by Crippen LogP contribution is 2.23. The molecule has 1 aliphatic rings. The van der Waals surface area contributed by atoms with Crippen LogP contribution in [-0.4, -0.2) is 40.7 Å². The van der Waals surface area contributed by atoms with Gasteiger partial charge in [-0.2, -0.15) is 5.10 Å². The zero-order chi connectivity index (χ0) is 22.9. The number of anilines is 2. The van der Waals surface area contributed by atoms with Gasteiger partial charge in [-0.3, -0.25) is 14.4 Å². The van der Waals surface area contributed by atoms with Crippen LogP contribution in [0.5, 0.6) is 0 Å². The Hall–Kier alpha value is -3.16. The van der Waals surface area contributed by atoms with Crippen LogP contribution in [0.1, 0.15) is 62.9 Å². The lowest BCUT2D eigenvalue weighted by Gasteiger charge is -2.20. The molecule has 1 fully saturated rings. The normalized spacial score (nSPS) is 14.2. The zero-order valence-corrected chi connectivity index (χ0v) is 19.0. The van der Waals surface area contributed by atoms with Crippen LogP contribution in [0, 0.1) is 0 Å². The average molecular weight is 440 g/mol. The van der Waals surface area contributed by atoms with Gasteiger partial charge in [-0.05, 0) is 49.9 Å². The maximum Gasteiger partial charge on any atom is 0.272 e. The third-order valence-electron chi connectivity index (χ3n) is 5.61. The molecular weight excluding hydrogens is 406 g/mol. The molecule has 3 rings (SSSR count). The van der Waals surface area contributed by atoms with Gasteiger partial charge in [-0.25, -0.2) is 4.68 Å². The van der Waals surface area contributed by atoms with E-state index in [-0.39, 0.29) is 17.2 Å². The maximum absolute atomic E-state index is 12.9. The molecule has 0 spiro atoms. The average Bonchev–Trinajstić information content (AvgIpc) is 3.33. The van der Waals surface area contributed by atoms with E-state index < -0.39 is 11.9 Å². The van der Waals surface area contributed by atoms with Crippen molar-refractivity contribution in [3.63, 3.8) is 0 Å². The molecule has 0 saturated carbocycles. The molecule has 1 atom stereocenters. The molecule has 0 aliphatic carbocycles. The number of benzene rings is 1. The lowest BCUT2D eigenvalue weighted by Crippen LogP contribution is -2.44. The number of aryl methyl sites for hydroxylation is 1. The van der Waals surface area contributed by atoms with Gasteiger partial charge >= 0.3 is 0 Å². The largest absolute Gasteiger partial charge is 0.371 e. The van der Waals surface area contributed by atoms with E-state index in [4.69, 9.17) is 0 Å². The zero-order valence-electron chi connectivity index (χ0n) is 19.0. The van der Waals surface area contributed by atoms with Gasteiger partial charge in [-0.1, -0.05) is 32.8 Å². The Morgan fingerprint density at radius 2 is 1.88 bits per heavy atom. The number of amides is 2. The van der Waals surface area contributed by atoms with Crippen LogP contribution in [0.25, 0.3) is 0 Å². The standard InChI is InChI=1S/C24H33N5O3/c1-3-5-16-29-22(30)13-12-21(27-29)24(32)26-20(9-4-2)23(31)25-18-10-8-11-19(17-18)28-14-6-7-15-28/h8,10-13,17,20H,3-7,9,14-16H2,1-2H3,(H,25,31)(H,26,32). The Morgan fingerprint density at radius 1 is 1.09 bits per heavy atom. The van der Waals surface area contributed by atoms with E-state index in [1.807, 2.05) is 38.1 Å². The molecule has 2 amide bonds. The van der Waals surface area contributed by atoms with Gasteiger partial charge in [0, 0.05) is 37.1 Å². The highest BCUT2D eigenvalue weighted by Gasteiger charge is 2.22. The quantitative estimate of drug-likeness (QED) is 0.593. The van der Waals surface area contributed by atoms with Crippen molar-refractivity contribution in [3.8, 4) is 0 Å². The van der Waals surface area contributed by atoms with E-state index >= 15 is 0 Å². The summed E-state index contributed by atoms with van der Waals surface area (Å²) in [5, 5.41) is 9.90. The number of carbonyl (C=O) groups excluding carboxylic acids is 2. The summed E-state index contributed by atoms with van der Waals surface area (Å²) >= 11 is 0. The first-order valence-corrected chi connectivity index (χ1v) is 11.6. The minimum absolute atomic E-state index is 0.130. The number of nitrogens with zero attached hydrogens (tertiary/aromatic N) is 3. The number of unbranched alkanes of at least 4 members (excludes halogenated alkanes) is 1. The fourth-order valence-corrected chi connectivity index (χ4v) is 3.81. The molecule has 2 N–H and O–H groups in total. The molecule has 32 heavy (non-hydrogen) atoms. The van der Waals surface area contributed by atoms with Gasteiger partial charge in [0.15, 0.2) is 0 Å². The van der Waals surface area contributed by atoms with Crippen LogP contribution in [0.15, 0.2) is 41.2 Å². The molecule has 2 heterocycles. The minimum Gasteiger partial charge on any atom is -0.371 e. The summed E-state index contributed by atoms with van der Waals surface area (Å²) in [7, 11) is 0. The van der Waals surface area contributed by atoms with Crippen molar-refractivity contribution in [1.82, 2.24) is 15.1 Å². The molecule has 1 unspecified atom stereocenters. The number of aromatic nitrogens is 2. The van der Waals surface area contributed by atoms with Gasteiger partial charge in [-0.15, -0.1) is 0 Å². The number of rotatable bonds is 10. The lowest BCUT2D eigenvalue weighted by atomic mass is 10.1. The third-order valence-corrected chi connectivity index (χ3v) is 5.61. The molecule has 1 aromatic carbocycles. The third kappa shape index (κ3) is 6.18. The Labute approximate surface area is 189 Å². The molecule has 1 aromatic heterocycles. The smallest absolute Gasteiger partial charge is 0.272 e. The number of hydrogen-bond acceptors (Lipinski definition) is 5. The Kier molecular flexibility index (Phi) is 8.41. The molecule has 1 aliphatic heterocycles. The van der Waals surface area contributed by atoms with Crippen molar-refractivity contribution >= 4 is 23.2 Å². The molecule has 0 bridgehead atoms. The molecule has 1 saturated heterocycles. The van der Waals surface area contributed by atoms with Crippen molar-refractivity contribution in [2.45, 2.75) is 65.0 Å². The summed E-state index contributed by atoms with van der Waals surface area (Å²) in [4.78, 5) is 40.0.